The summed E-state index contributed by atoms with van der Waals surface area (Å²) in [6, 6.07) is 5.15. The minimum atomic E-state index is -0.855. The first kappa shape index (κ1) is 25.8. The summed E-state index contributed by atoms with van der Waals surface area (Å²) in [5, 5.41) is 7.12. The van der Waals surface area contributed by atoms with Gasteiger partial charge in [-0.05, 0) is 29.2 Å². The monoisotopic (exact) mass is 429 g/mol. The molecule has 1 aromatic heterocycles. The standard InChI is InChI=1S/C22H26FN3O3.C2H6/c1-7-16-17(8-2)26(13-14-9-11-15(23)12-10-14)25-18(16)20(27)24-19(21(28)29-6)22(3,4)5;1-2/h7-12,19H,1-2,13H2,3-6H3,(H,24,27);1-2H3. The zero-order valence-corrected chi connectivity index (χ0v) is 19.2. The van der Waals surface area contributed by atoms with E-state index in [4.69, 9.17) is 4.74 Å². The van der Waals surface area contributed by atoms with Gasteiger partial charge in [0.15, 0.2) is 5.69 Å². The number of rotatable bonds is 7. The molecular weight excluding hydrogens is 397 g/mol. The molecule has 1 aromatic carbocycles. The van der Waals surface area contributed by atoms with Gasteiger partial charge >= 0.3 is 5.97 Å². The summed E-state index contributed by atoms with van der Waals surface area (Å²) < 4.78 is 19.6. The molecule has 0 fully saturated rings. The van der Waals surface area contributed by atoms with Gasteiger partial charge in [0, 0.05) is 5.56 Å². The summed E-state index contributed by atoms with van der Waals surface area (Å²) >= 11 is 0. The molecule has 0 saturated heterocycles. The quantitative estimate of drug-likeness (QED) is 0.648. The lowest BCUT2D eigenvalue weighted by molar-refractivity contribution is -0.145. The van der Waals surface area contributed by atoms with Crippen molar-refractivity contribution in [2.75, 3.05) is 7.11 Å². The van der Waals surface area contributed by atoms with Crippen LogP contribution < -0.4 is 5.32 Å². The zero-order chi connectivity index (χ0) is 23.8. The molecule has 0 saturated carbocycles. The highest BCUT2D eigenvalue weighted by molar-refractivity contribution is 5.99. The maximum absolute atomic E-state index is 13.2. The van der Waals surface area contributed by atoms with Crippen molar-refractivity contribution in [3.05, 3.63) is 65.8 Å². The molecule has 1 N–H and O–H groups in total. The van der Waals surface area contributed by atoms with Crippen molar-refractivity contribution in [2.45, 2.75) is 47.2 Å². The van der Waals surface area contributed by atoms with Crippen molar-refractivity contribution in [1.29, 1.82) is 0 Å². The molecule has 0 radical (unpaired) electrons. The topological polar surface area (TPSA) is 73.2 Å². The Bertz CT molecular complexity index is 925. The van der Waals surface area contributed by atoms with Gasteiger partial charge in [-0.15, -0.1) is 0 Å². The van der Waals surface area contributed by atoms with Gasteiger partial charge in [0.2, 0.25) is 0 Å². The maximum Gasteiger partial charge on any atom is 0.328 e. The fourth-order valence-corrected chi connectivity index (χ4v) is 2.90. The molecular formula is C24H32FN3O3. The SMILES string of the molecule is C=Cc1c(C(=O)NC(C(=O)OC)C(C)(C)C)nn(Cc2ccc(F)cc2)c1C=C.CC. The molecule has 0 aliphatic heterocycles. The van der Waals surface area contributed by atoms with Gasteiger partial charge in [-0.2, -0.15) is 5.10 Å². The highest BCUT2D eigenvalue weighted by Crippen LogP contribution is 2.23. The number of hydrogen-bond acceptors (Lipinski definition) is 4. The second-order valence-electron chi connectivity index (χ2n) is 7.64. The molecule has 0 aliphatic carbocycles. The second kappa shape index (κ2) is 11.2. The molecule has 1 unspecified atom stereocenters. The highest BCUT2D eigenvalue weighted by atomic mass is 19.1. The van der Waals surface area contributed by atoms with E-state index in [2.05, 4.69) is 23.6 Å². The first-order valence-corrected chi connectivity index (χ1v) is 10.1. The van der Waals surface area contributed by atoms with Gasteiger partial charge in [-0.1, -0.05) is 66.0 Å². The molecule has 0 spiro atoms. The molecule has 1 heterocycles. The predicted molar refractivity (Wildman–Crippen MR) is 122 cm³/mol. The van der Waals surface area contributed by atoms with Crippen LogP contribution in [-0.4, -0.2) is 34.8 Å². The van der Waals surface area contributed by atoms with Crippen molar-refractivity contribution in [3.63, 3.8) is 0 Å². The fraction of sp³-hybridized carbons (Fsp3) is 0.375. The van der Waals surface area contributed by atoms with E-state index in [0.29, 0.717) is 17.8 Å². The Kier molecular flexibility index (Phi) is 9.37. The van der Waals surface area contributed by atoms with Crippen molar-refractivity contribution in [3.8, 4) is 0 Å². The number of nitrogens with one attached hydrogen (secondary N) is 1. The van der Waals surface area contributed by atoms with Gasteiger partial charge in [-0.25, -0.2) is 9.18 Å². The minimum absolute atomic E-state index is 0.121. The number of carbonyl (C=O) groups is 2. The van der Waals surface area contributed by atoms with Crippen LogP contribution in [0, 0.1) is 11.2 Å². The first-order chi connectivity index (χ1) is 14.6. The Morgan fingerprint density at radius 3 is 2.23 bits per heavy atom. The van der Waals surface area contributed by atoms with E-state index in [9.17, 15) is 14.0 Å². The van der Waals surface area contributed by atoms with Gasteiger partial charge in [0.1, 0.15) is 11.9 Å². The Labute approximate surface area is 183 Å². The van der Waals surface area contributed by atoms with Gasteiger partial charge in [-0.3, -0.25) is 9.48 Å². The van der Waals surface area contributed by atoms with Gasteiger partial charge in [0.25, 0.3) is 5.91 Å². The van der Waals surface area contributed by atoms with Crippen LogP contribution in [0.4, 0.5) is 4.39 Å². The van der Waals surface area contributed by atoms with Gasteiger partial charge < -0.3 is 10.1 Å². The summed E-state index contributed by atoms with van der Waals surface area (Å²) in [4.78, 5) is 25.1. The average molecular weight is 430 g/mol. The summed E-state index contributed by atoms with van der Waals surface area (Å²) in [5.74, 6) is -1.40. The van der Waals surface area contributed by atoms with Crippen molar-refractivity contribution in [1.82, 2.24) is 15.1 Å². The Hall–Kier alpha value is -3.22. The van der Waals surface area contributed by atoms with Crippen molar-refractivity contribution in [2.24, 2.45) is 5.41 Å². The number of methoxy groups -OCH3 is 1. The number of nitrogens with zero attached hydrogens (tertiary/aromatic N) is 2. The van der Waals surface area contributed by atoms with Crippen LogP contribution >= 0.6 is 0 Å². The lowest BCUT2D eigenvalue weighted by Gasteiger charge is -2.28. The normalized spacial score (nSPS) is 11.6. The molecule has 168 valence electrons. The molecule has 0 aliphatic rings. The van der Waals surface area contributed by atoms with Crippen LogP contribution in [0.15, 0.2) is 37.4 Å². The van der Waals surface area contributed by atoms with Gasteiger partial charge in [0.05, 0.1) is 19.3 Å². The smallest absolute Gasteiger partial charge is 0.328 e. The van der Waals surface area contributed by atoms with E-state index in [1.165, 1.54) is 25.3 Å². The van der Waals surface area contributed by atoms with E-state index in [0.717, 1.165) is 5.56 Å². The van der Waals surface area contributed by atoms with E-state index in [-0.39, 0.29) is 11.5 Å². The fourth-order valence-electron chi connectivity index (χ4n) is 2.90. The zero-order valence-electron chi connectivity index (χ0n) is 19.2. The summed E-state index contributed by atoms with van der Waals surface area (Å²) in [6.07, 6.45) is 3.09. The largest absolute Gasteiger partial charge is 0.467 e. The molecule has 2 aromatic rings. The number of halogens is 1. The predicted octanol–water partition coefficient (Wildman–Crippen LogP) is 4.70. The third-order valence-corrected chi connectivity index (χ3v) is 4.47. The molecule has 1 atom stereocenters. The molecule has 0 bridgehead atoms. The maximum atomic E-state index is 13.2. The minimum Gasteiger partial charge on any atom is -0.467 e. The Morgan fingerprint density at radius 2 is 1.77 bits per heavy atom. The van der Waals surface area contributed by atoms with E-state index < -0.39 is 23.3 Å². The Morgan fingerprint density at radius 1 is 1.19 bits per heavy atom. The van der Waals surface area contributed by atoms with Crippen molar-refractivity contribution < 1.29 is 18.7 Å². The number of amides is 1. The summed E-state index contributed by atoms with van der Waals surface area (Å²) in [5.41, 5.74) is 1.46. The second-order valence-corrected chi connectivity index (χ2v) is 7.64. The number of benzene rings is 1. The number of esters is 1. The lowest BCUT2D eigenvalue weighted by Crippen LogP contribution is -2.49. The number of aromatic nitrogens is 2. The third-order valence-electron chi connectivity index (χ3n) is 4.47. The number of hydrogen-bond donors (Lipinski definition) is 1. The van der Waals surface area contributed by atoms with Crippen LogP contribution in [-0.2, 0) is 16.1 Å². The molecule has 7 heteroatoms. The Balaban J connectivity index is 0.00000233. The molecule has 1 amide bonds. The van der Waals surface area contributed by atoms with Crippen LogP contribution in [0.25, 0.3) is 12.2 Å². The molecule has 31 heavy (non-hydrogen) atoms. The van der Waals surface area contributed by atoms with E-state index in [1.54, 1.807) is 22.9 Å². The van der Waals surface area contributed by atoms with E-state index in [1.807, 2.05) is 34.6 Å². The van der Waals surface area contributed by atoms with Crippen LogP contribution in [0.1, 0.15) is 61.9 Å². The van der Waals surface area contributed by atoms with Crippen LogP contribution in [0.5, 0.6) is 0 Å². The highest BCUT2D eigenvalue weighted by Gasteiger charge is 2.35. The third kappa shape index (κ3) is 6.38. The first-order valence-electron chi connectivity index (χ1n) is 10.1. The molecule has 6 nitrogen and oxygen atoms in total. The number of carbonyl (C=O) groups excluding carboxylic acids is 2. The summed E-state index contributed by atoms with van der Waals surface area (Å²) in [7, 11) is 1.27. The average Bonchev–Trinajstić information content (AvgIpc) is 3.10. The summed E-state index contributed by atoms with van der Waals surface area (Å²) in [6.45, 7) is 17.4. The molecule has 2 rings (SSSR count). The van der Waals surface area contributed by atoms with Crippen LogP contribution in [0.2, 0.25) is 0 Å². The van der Waals surface area contributed by atoms with E-state index >= 15 is 0 Å². The lowest BCUT2D eigenvalue weighted by atomic mass is 9.86. The number of ether oxygens (including phenoxy) is 1. The van der Waals surface area contributed by atoms with Crippen molar-refractivity contribution >= 4 is 24.0 Å². The van der Waals surface area contributed by atoms with Crippen LogP contribution in [0.3, 0.4) is 0 Å².